The molecule has 0 amide bonds. The van der Waals surface area contributed by atoms with Crippen molar-refractivity contribution in [3.8, 4) is 0 Å². The molecule has 0 fully saturated rings. The van der Waals surface area contributed by atoms with E-state index in [2.05, 4.69) is 38.2 Å². The lowest BCUT2D eigenvalue weighted by atomic mass is 9.97. The van der Waals surface area contributed by atoms with E-state index in [1.165, 1.54) is 57.7 Å². The molecule has 0 bridgehead atoms. The van der Waals surface area contributed by atoms with Crippen LogP contribution in [0, 0.1) is 5.92 Å². The van der Waals surface area contributed by atoms with Crippen molar-refractivity contribution in [3.63, 3.8) is 0 Å². The molecule has 0 spiro atoms. The van der Waals surface area contributed by atoms with Crippen molar-refractivity contribution >= 4 is 6.29 Å². The van der Waals surface area contributed by atoms with Crippen LogP contribution in [0.25, 0.3) is 0 Å². The Labute approximate surface area is 145 Å². The molecule has 0 N–H and O–H groups in total. The Hall–Kier alpha value is -0.850. The number of rotatable bonds is 17. The number of carbonyl (C=O) groups excluding carboxylic acids is 1. The summed E-state index contributed by atoms with van der Waals surface area (Å²) in [5.41, 5.74) is 0. The molecule has 0 aliphatic heterocycles. The minimum Gasteiger partial charge on any atom is -0.303 e. The van der Waals surface area contributed by atoms with Gasteiger partial charge >= 0.3 is 0 Å². The first-order valence-corrected chi connectivity index (χ1v) is 10.1. The van der Waals surface area contributed by atoms with Crippen LogP contribution in [0.15, 0.2) is 24.3 Å². The lowest BCUT2D eigenvalue weighted by molar-refractivity contribution is -0.111. The molecule has 0 rings (SSSR count). The fourth-order valence-electron chi connectivity index (χ4n) is 2.77. The Bertz CT molecular complexity index is 264. The van der Waals surface area contributed by atoms with Crippen molar-refractivity contribution in [2.75, 3.05) is 0 Å². The zero-order chi connectivity index (χ0) is 17.0. The molecule has 1 heteroatoms. The van der Waals surface area contributed by atoms with E-state index in [1.54, 1.807) is 0 Å². The van der Waals surface area contributed by atoms with Crippen molar-refractivity contribution in [2.24, 2.45) is 5.92 Å². The van der Waals surface area contributed by atoms with Gasteiger partial charge in [0.05, 0.1) is 0 Å². The van der Waals surface area contributed by atoms with Crippen LogP contribution in [0.2, 0.25) is 0 Å². The molecule has 0 saturated heterocycles. The molecule has 0 aromatic carbocycles. The summed E-state index contributed by atoms with van der Waals surface area (Å²) in [5, 5.41) is 0. The normalized spacial score (nSPS) is 13.1. The number of hydrogen-bond donors (Lipinski definition) is 0. The van der Waals surface area contributed by atoms with Gasteiger partial charge in [-0.05, 0) is 64.2 Å². The van der Waals surface area contributed by atoms with Gasteiger partial charge in [0.25, 0.3) is 0 Å². The summed E-state index contributed by atoms with van der Waals surface area (Å²) in [5.74, 6) is 0.275. The van der Waals surface area contributed by atoms with E-state index in [-0.39, 0.29) is 5.92 Å². The maximum Gasteiger partial charge on any atom is 0.123 e. The van der Waals surface area contributed by atoms with Crippen molar-refractivity contribution in [2.45, 2.75) is 104 Å². The number of unbranched alkanes of at least 4 members (excludes halogenated alkanes) is 8. The molecule has 0 aromatic rings. The van der Waals surface area contributed by atoms with Crippen LogP contribution in [0.3, 0.4) is 0 Å². The summed E-state index contributed by atoms with van der Waals surface area (Å²) in [7, 11) is 0. The number of aldehydes is 1. The van der Waals surface area contributed by atoms with Crippen molar-refractivity contribution in [1.29, 1.82) is 0 Å². The Kier molecular flexibility index (Phi) is 18.5. The van der Waals surface area contributed by atoms with E-state index >= 15 is 0 Å². The van der Waals surface area contributed by atoms with Gasteiger partial charge in [0.2, 0.25) is 0 Å². The summed E-state index contributed by atoms with van der Waals surface area (Å²) in [4.78, 5) is 11.1. The molecular formula is C22H40O. The van der Waals surface area contributed by atoms with Gasteiger partial charge in [-0.15, -0.1) is 0 Å². The molecule has 134 valence electrons. The van der Waals surface area contributed by atoms with Crippen LogP contribution < -0.4 is 0 Å². The molecule has 1 nitrogen and oxygen atoms in total. The van der Waals surface area contributed by atoms with E-state index < -0.39 is 0 Å². The van der Waals surface area contributed by atoms with Crippen molar-refractivity contribution < 1.29 is 4.79 Å². The third kappa shape index (κ3) is 17.3. The van der Waals surface area contributed by atoms with E-state index in [0.29, 0.717) is 0 Å². The summed E-state index contributed by atoms with van der Waals surface area (Å²) < 4.78 is 0. The molecular weight excluding hydrogens is 280 g/mol. The lowest BCUT2D eigenvalue weighted by Gasteiger charge is -2.08. The van der Waals surface area contributed by atoms with Crippen molar-refractivity contribution in [1.82, 2.24) is 0 Å². The highest BCUT2D eigenvalue weighted by Gasteiger charge is 2.05. The Morgan fingerprint density at radius 3 is 1.35 bits per heavy atom. The third-order valence-corrected chi connectivity index (χ3v) is 4.37. The third-order valence-electron chi connectivity index (χ3n) is 4.37. The first-order valence-electron chi connectivity index (χ1n) is 10.1. The first-order chi connectivity index (χ1) is 11.3. The zero-order valence-electron chi connectivity index (χ0n) is 15.8. The molecule has 1 atom stereocenters. The fourth-order valence-corrected chi connectivity index (χ4v) is 2.77. The highest BCUT2D eigenvalue weighted by Crippen LogP contribution is 2.15. The summed E-state index contributed by atoms with van der Waals surface area (Å²) in [6.45, 7) is 4.48. The predicted molar refractivity (Wildman–Crippen MR) is 104 cm³/mol. The molecule has 23 heavy (non-hydrogen) atoms. The van der Waals surface area contributed by atoms with Crippen LogP contribution in [-0.2, 0) is 4.79 Å². The van der Waals surface area contributed by atoms with E-state index in [4.69, 9.17) is 0 Å². The number of hydrogen-bond acceptors (Lipinski definition) is 1. The van der Waals surface area contributed by atoms with Crippen LogP contribution in [0.1, 0.15) is 104 Å². The van der Waals surface area contributed by atoms with Gasteiger partial charge in [0.1, 0.15) is 6.29 Å². The SMILES string of the molecule is CCCCCC=CCCCC(C=O)CCC/C=C\CCCCC. The largest absolute Gasteiger partial charge is 0.303 e. The number of allylic oxidation sites excluding steroid dienone is 4. The molecule has 0 heterocycles. The molecule has 0 saturated carbocycles. The molecule has 0 aliphatic rings. The van der Waals surface area contributed by atoms with Crippen LogP contribution in [0.4, 0.5) is 0 Å². The van der Waals surface area contributed by atoms with Gasteiger partial charge in [-0.1, -0.05) is 63.8 Å². The monoisotopic (exact) mass is 320 g/mol. The number of carbonyl (C=O) groups is 1. The zero-order valence-corrected chi connectivity index (χ0v) is 15.8. The Balaban J connectivity index is 3.50. The van der Waals surface area contributed by atoms with E-state index in [9.17, 15) is 4.79 Å². The van der Waals surface area contributed by atoms with Crippen LogP contribution in [-0.4, -0.2) is 6.29 Å². The second-order valence-corrected chi connectivity index (χ2v) is 6.69. The maximum atomic E-state index is 11.1. The van der Waals surface area contributed by atoms with Crippen LogP contribution >= 0.6 is 0 Å². The Morgan fingerprint density at radius 1 is 0.609 bits per heavy atom. The highest BCUT2D eigenvalue weighted by molar-refractivity contribution is 5.53. The molecule has 1 unspecified atom stereocenters. The van der Waals surface area contributed by atoms with Gasteiger partial charge in [-0.3, -0.25) is 0 Å². The standard InChI is InChI=1S/C22H40O/c1-3-5-7-9-11-13-15-17-19-22(21-23)20-18-16-14-12-10-8-6-4-2/h11-14,21-22H,3-10,15-20H2,1-2H3/b13-11-,14-12?. The van der Waals surface area contributed by atoms with E-state index in [0.717, 1.165) is 38.5 Å². The minimum atomic E-state index is 0.275. The highest BCUT2D eigenvalue weighted by atomic mass is 16.1. The lowest BCUT2D eigenvalue weighted by Crippen LogP contribution is -2.01. The van der Waals surface area contributed by atoms with Gasteiger partial charge in [-0.2, -0.15) is 0 Å². The average Bonchev–Trinajstić information content (AvgIpc) is 2.57. The quantitative estimate of drug-likeness (QED) is 0.155. The fraction of sp³-hybridized carbons (Fsp3) is 0.773. The smallest absolute Gasteiger partial charge is 0.123 e. The summed E-state index contributed by atoms with van der Waals surface area (Å²) in [6.07, 6.45) is 27.4. The van der Waals surface area contributed by atoms with Gasteiger partial charge < -0.3 is 4.79 Å². The minimum absolute atomic E-state index is 0.275. The van der Waals surface area contributed by atoms with Gasteiger partial charge in [0.15, 0.2) is 0 Å². The Morgan fingerprint density at radius 2 is 1.00 bits per heavy atom. The van der Waals surface area contributed by atoms with Crippen molar-refractivity contribution in [3.05, 3.63) is 24.3 Å². The predicted octanol–water partition coefficient (Wildman–Crippen LogP) is 7.42. The second kappa shape index (κ2) is 19.2. The summed E-state index contributed by atoms with van der Waals surface area (Å²) in [6, 6.07) is 0. The topological polar surface area (TPSA) is 17.1 Å². The van der Waals surface area contributed by atoms with Gasteiger partial charge in [0, 0.05) is 5.92 Å². The van der Waals surface area contributed by atoms with E-state index in [1.807, 2.05) is 0 Å². The molecule has 0 aromatic heterocycles. The maximum absolute atomic E-state index is 11.1. The molecule has 0 aliphatic carbocycles. The summed E-state index contributed by atoms with van der Waals surface area (Å²) >= 11 is 0. The van der Waals surface area contributed by atoms with Crippen LogP contribution in [0.5, 0.6) is 0 Å². The second-order valence-electron chi connectivity index (χ2n) is 6.69. The molecule has 0 radical (unpaired) electrons. The van der Waals surface area contributed by atoms with Gasteiger partial charge in [-0.25, -0.2) is 0 Å². The first kappa shape index (κ1) is 22.1. The average molecular weight is 321 g/mol.